The minimum absolute atomic E-state index is 0.147. The normalized spacial score (nSPS) is 16.6. The zero-order valence-electron chi connectivity index (χ0n) is 11.4. The number of rotatable bonds is 3. The molecule has 7 heteroatoms. The predicted molar refractivity (Wildman–Crippen MR) is 100 cm³/mol. The van der Waals surface area contributed by atoms with Crippen LogP contribution in [-0.4, -0.2) is 17.3 Å². The van der Waals surface area contributed by atoms with E-state index in [4.69, 9.17) is 21.4 Å². The van der Waals surface area contributed by atoms with Crippen LogP contribution in [0.5, 0.6) is 5.75 Å². The summed E-state index contributed by atoms with van der Waals surface area (Å²) in [5, 5.41) is 0. The highest BCUT2D eigenvalue weighted by Gasteiger charge is 2.33. The SMILES string of the molecule is COc1ccc(N2C(=O)/C(=C/c3ccc(I)o3)SC2=S)cc1. The topological polar surface area (TPSA) is 42.7 Å². The summed E-state index contributed by atoms with van der Waals surface area (Å²) in [6.45, 7) is 0. The molecule has 2 heterocycles. The first-order chi connectivity index (χ1) is 10.6. The summed E-state index contributed by atoms with van der Waals surface area (Å²) in [5.41, 5.74) is 0.723. The smallest absolute Gasteiger partial charge is 0.270 e. The van der Waals surface area contributed by atoms with Gasteiger partial charge in [-0.2, -0.15) is 0 Å². The van der Waals surface area contributed by atoms with Gasteiger partial charge in [0.1, 0.15) is 11.5 Å². The Morgan fingerprint density at radius 2 is 2.00 bits per heavy atom. The maximum atomic E-state index is 12.6. The lowest BCUT2D eigenvalue weighted by Crippen LogP contribution is -2.27. The third-order valence-corrected chi connectivity index (χ3v) is 4.87. The third kappa shape index (κ3) is 3.06. The standard InChI is InChI=1S/C15H10INO3S2/c1-19-10-4-2-9(3-5-10)17-14(18)12(22-15(17)21)8-11-6-7-13(16)20-11/h2-8H,1H3/b12-8-. The molecule has 112 valence electrons. The fourth-order valence-corrected chi connectivity index (χ4v) is 3.67. The molecule has 3 rings (SSSR count). The van der Waals surface area contributed by atoms with E-state index in [-0.39, 0.29) is 5.91 Å². The second-order valence-electron chi connectivity index (χ2n) is 4.36. The van der Waals surface area contributed by atoms with Crippen LogP contribution >= 0.6 is 46.6 Å². The Balaban J connectivity index is 1.89. The van der Waals surface area contributed by atoms with Crippen LogP contribution in [0.1, 0.15) is 5.76 Å². The van der Waals surface area contributed by atoms with Crippen molar-refractivity contribution in [2.75, 3.05) is 12.0 Å². The number of hydrogen-bond donors (Lipinski definition) is 0. The van der Waals surface area contributed by atoms with E-state index in [2.05, 4.69) is 22.6 Å². The van der Waals surface area contributed by atoms with Crippen LogP contribution < -0.4 is 9.64 Å². The molecule has 22 heavy (non-hydrogen) atoms. The van der Waals surface area contributed by atoms with Gasteiger partial charge in [0.2, 0.25) is 0 Å². The number of thioether (sulfide) groups is 1. The Morgan fingerprint density at radius 1 is 1.27 bits per heavy atom. The van der Waals surface area contributed by atoms with Gasteiger partial charge in [0.25, 0.3) is 5.91 Å². The summed E-state index contributed by atoms with van der Waals surface area (Å²) in [6.07, 6.45) is 1.71. The number of benzene rings is 1. The van der Waals surface area contributed by atoms with Crippen LogP contribution in [0.2, 0.25) is 0 Å². The monoisotopic (exact) mass is 443 g/mol. The van der Waals surface area contributed by atoms with E-state index in [9.17, 15) is 4.79 Å². The van der Waals surface area contributed by atoms with Crippen molar-refractivity contribution >= 4 is 68.6 Å². The Kier molecular flexibility index (Phi) is 4.55. The summed E-state index contributed by atoms with van der Waals surface area (Å²) in [6, 6.07) is 10.9. The Morgan fingerprint density at radius 3 is 2.59 bits per heavy atom. The predicted octanol–water partition coefficient (Wildman–Crippen LogP) is 4.30. The first-order valence-corrected chi connectivity index (χ1v) is 8.56. The van der Waals surface area contributed by atoms with Gasteiger partial charge in [0.15, 0.2) is 8.09 Å². The van der Waals surface area contributed by atoms with E-state index in [0.717, 1.165) is 15.2 Å². The highest BCUT2D eigenvalue weighted by atomic mass is 127. The van der Waals surface area contributed by atoms with Crippen molar-refractivity contribution in [2.45, 2.75) is 0 Å². The molecular weight excluding hydrogens is 433 g/mol. The Labute approximate surface area is 150 Å². The zero-order chi connectivity index (χ0) is 15.7. The van der Waals surface area contributed by atoms with E-state index in [1.807, 2.05) is 24.3 Å². The quantitative estimate of drug-likeness (QED) is 0.402. The lowest BCUT2D eigenvalue weighted by molar-refractivity contribution is -0.113. The number of furan rings is 1. The van der Waals surface area contributed by atoms with Crippen LogP contribution in [0.15, 0.2) is 45.7 Å². The summed E-state index contributed by atoms with van der Waals surface area (Å²) in [7, 11) is 1.60. The van der Waals surface area contributed by atoms with Crippen LogP contribution in [0, 0.1) is 3.77 Å². The number of thiocarbonyl (C=S) groups is 1. The second-order valence-corrected chi connectivity index (χ2v) is 7.10. The van der Waals surface area contributed by atoms with Gasteiger partial charge < -0.3 is 9.15 Å². The summed E-state index contributed by atoms with van der Waals surface area (Å²) >= 11 is 8.67. The summed E-state index contributed by atoms with van der Waals surface area (Å²) in [4.78, 5) is 14.6. The number of carbonyl (C=O) groups is 1. The minimum atomic E-state index is -0.147. The fourth-order valence-electron chi connectivity index (χ4n) is 1.96. The highest BCUT2D eigenvalue weighted by molar-refractivity contribution is 14.1. The summed E-state index contributed by atoms with van der Waals surface area (Å²) in [5.74, 6) is 1.22. The van der Waals surface area contributed by atoms with E-state index in [0.29, 0.717) is 15.0 Å². The molecular formula is C15H10INO3S2. The maximum absolute atomic E-state index is 12.6. The van der Waals surface area contributed by atoms with Crippen molar-refractivity contribution in [1.82, 2.24) is 0 Å². The van der Waals surface area contributed by atoms with Crippen molar-refractivity contribution in [3.63, 3.8) is 0 Å². The van der Waals surface area contributed by atoms with E-state index >= 15 is 0 Å². The molecule has 1 aromatic carbocycles. The molecule has 1 aliphatic heterocycles. The van der Waals surface area contributed by atoms with Crippen molar-refractivity contribution < 1.29 is 13.9 Å². The molecule has 1 aliphatic rings. The van der Waals surface area contributed by atoms with Crippen LogP contribution in [0.4, 0.5) is 5.69 Å². The average molecular weight is 443 g/mol. The first-order valence-electron chi connectivity index (χ1n) is 6.26. The van der Waals surface area contributed by atoms with Gasteiger partial charge in [-0.1, -0.05) is 24.0 Å². The molecule has 2 aromatic rings. The molecule has 1 aromatic heterocycles. The number of ether oxygens (including phenoxy) is 1. The molecule has 0 aliphatic carbocycles. The van der Waals surface area contributed by atoms with Crippen LogP contribution in [-0.2, 0) is 4.79 Å². The number of hydrogen-bond acceptors (Lipinski definition) is 5. The number of amides is 1. The number of halogens is 1. The lowest BCUT2D eigenvalue weighted by Gasteiger charge is -2.14. The van der Waals surface area contributed by atoms with Crippen molar-refractivity contribution in [1.29, 1.82) is 0 Å². The highest BCUT2D eigenvalue weighted by Crippen LogP contribution is 2.36. The average Bonchev–Trinajstić information content (AvgIpc) is 3.03. The molecule has 0 unspecified atom stereocenters. The maximum Gasteiger partial charge on any atom is 0.270 e. The number of carbonyl (C=O) groups excluding carboxylic acids is 1. The van der Waals surface area contributed by atoms with Gasteiger partial charge in [-0.15, -0.1) is 0 Å². The van der Waals surface area contributed by atoms with Crippen molar-refractivity contribution in [3.8, 4) is 5.75 Å². The van der Waals surface area contributed by atoms with Crippen molar-refractivity contribution in [3.05, 3.63) is 50.8 Å². The fraction of sp³-hybridized carbons (Fsp3) is 0.0667. The Bertz CT molecular complexity index is 767. The molecule has 0 N–H and O–H groups in total. The number of nitrogens with zero attached hydrogens (tertiary/aromatic N) is 1. The molecule has 1 amide bonds. The van der Waals surface area contributed by atoms with Gasteiger partial charge >= 0.3 is 0 Å². The third-order valence-electron chi connectivity index (χ3n) is 2.99. The lowest BCUT2D eigenvalue weighted by atomic mass is 10.2. The van der Waals surface area contributed by atoms with Crippen LogP contribution in [0.25, 0.3) is 6.08 Å². The molecule has 4 nitrogen and oxygen atoms in total. The van der Waals surface area contributed by atoms with E-state index < -0.39 is 0 Å². The molecule has 0 spiro atoms. The van der Waals surface area contributed by atoms with Crippen molar-refractivity contribution in [2.24, 2.45) is 0 Å². The molecule has 0 atom stereocenters. The first kappa shape index (κ1) is 15.6. The number of anilines is 1. The molecule has 0 radical (unpaired) electrons. The number of methoxy groups -OCH3 is 1. The van der Waals surface area contributed by atoms with E-state index in [1.165, 1.54) is 16.7 Å². The largest absolute Gasteiger partial charge is 0.497 e. The van der Waals surface area contributed by atoms with Gasteiger partial charge in [0.05, 0.1) is 17.7 Å². The van der Waals surface area contributed by atoms with Gasteiger partial charge in [-0.3, -0.25) is 9.69 Å². The molecule has 0 bridgehead atoms. The molecule has 1 fully saturated rings. The van der Waals surface area contributed by atoms with Gasteiger partial charge in [0, 0.05) is 6.08 Å². The molecule has 1 saturated heterocycles. The Hall–Kier alpha value is -1.32. The van der Waals surface area contributed by atoms with Gasteiger partial charge in [-0.25, -0.2) is 0 Å². The van der Waals surface area contributed by atoms with Gasteiger partial charge in [-0.05, 0) is 59.0 Å². The summed E-state index contributed by atoms with van der Waals surface area (Å²) < 4.78 is 11.9. The second kappa shape index (κ2) is 6.43. The van der Waals surface area contributed by atoms with Crippen LogP contribution in [0.3, 0.4) is 0 Å². The minimum Gasteiger partial charge on any atom is -0.497 e. The van der Waals surface area contributed by atoms with E-state index in [1.54, 1.807) is 25.3 Å². The zero-order valence-corrected chi connectivity index (χ0v) is 15.2. The molecule has 0 saturated carbocycles.